The van der Waals surface area contributed by atoms with Crippen LogP contribution in [0.5, 0.6) is 5.75 Å². The first-order chi connectivity index (χ1) is 20.6. The van der Waals surface area contributed by atoms with Crippen molar-refractivity contribution in [2.45, 2.75) is 23.9 Å². The molecule has 0 saturated carbocycles. The van der Waals surface area contributed by atoms with Crippen LogP contribution in [0.15, 0.2) is 108 Å². The number of anilines is 1. The second-order valence-electron chi connectivity index (χ2n) is 9.61. The fraction of sp³-hybridized carbons (Fsp3) is 0.188. The highest BCUT2D eigenvalue weighted by molar-refractivity contribution is 7.92. The summed E-state index contributed by atoms with van der Waals surface area (Å²) in [5, 5.41) is 3.37. The van der Waals surface area contributed by atoms with Gasteiger partial charge in [0.1, 0.15) is 18.3 Å². The average molecular weight is 641 g/mol. The van der Waals surface area contributed by atoms with E-state index >= 15 is 0 Å². The van der Waals surface area contributed by atoms with Crippen molar-refractivity contribution in [2.75, 3.05) is 25.0 Å². The summed E-state index contributed by atoms with van der Waals surface area (Å²) in [5.74, 6) is -0.826. The van der Waals surface area contributed by atoms with E-state index in [0.29, 0.717) is 10.6 Å². The zero-order valence-corrected chi connectivity index (χ0v) is 25.9. The van der Waals surface area contributed by atoms with Crippen LogP contribution in [-0.4, -0.2) is 51.9 Å². The number of benzene rings is 4. The summed E-state index contributed by atoms with van der Waals surface area (Å²) in [6.45, 7) is -0.646. The predicted octanol–water partition coefficient (Wildman–Crippen LogP) is 5.58. The Morgan fingerprint density at radius 1 is 0.837 bits per heavy atom. The van der Waals surface area contributed by atoms with Crippen LogP contribution in [0.4, 0.5) is 5.69 Å². The van der Waals surface area contributed by atoms with Crippen LogP contribution in [0.25, 0.3) is 0 Å². The van der Waals surface area contributed by atoms with Gasteiger partial charge in [0.25, 0.3) is 10.0 Å². The van der Waals surface area contributed by atoms with Crippen molar-refractivity contribution in [3.63, 3.8) is 0 Å². The van der Waals surface area contributed by atoms with Gasteiger partial charge in [-0.3, -0.25) is 13.9 Å². The number of carbonyl (C=O) groups excluding carboxylic acids is 2. The molecule has 0 heterocycles. The zero-order chi connectivity index (χ0) is 31.0. The minimum atomic E-state index is -4.30. The van der Waals surface area contributed by atoms with Gasteiger partial charge in [-0.05, 0) is 53.6 Å². The normalized spacial score (nSPS) is 11.8. The number of sulfonamides is 1. The second kappa shape index (κ2) is 14.4. The lowest BCUT2D eigenvalue weighted by atomic mass is 10.0. The Balaban J connectivity index is 1.83. The van der Waals surface area contributed by atoms with Gasteiger partial charge in [0.05, 0.1) is 17.7 Å². The number of nitrogens with zero attached hydrogens (tertiary/aromatic N) is 2. The Morgan fingerprint density at radius 3 is 2.09 bits per heavy atom. The maximum absolute atomic E-state index is 14.4. The van der Waals surface area contributed by atoms with Gasteiger partial charge in [-0.1, -0.05) is 83.9 Å². The molecule has 4 rings (SSSR count). The minimum absolute atomic E-state index is 0.00375. The number of ether oxygens (including phenoxy) is 1. The quantitative estimate of drug-likeness (QED) is 0.218. The molecule has 1 N–H and O–H groups in total. The highest BCUT2D eigenvalue weighted by Crippen LogP contribution is 2.35. The molecule has 0 aliphatic carbocycles. The molecule has 1 atom stereocenters. The number of methoxy groups -OCH3 is 1. The minimum Gasteiger partial charge on any atom is -0.495 e. The van der Waals surface area contributed by atoms with E-state index in [0.717, 1.165) is 9.87 Å². The fourth-order valence-electron chi connectivity index (χ4n) is 4.64. The Morgan fingerprint density at radius 2 is 1.47 bits per heavy atom. The molecule has 8 nitrogen and oxygen atoms in total. The highest BCUT2D eigenvalue weighted by Gasteiger charge is 2.35. The SMILES string of the molecule is CNC(=O)[C@H](Cc1ccccc1)N(Cc1cccc(Cl)c1)C(=O)CN(c1cc(Cl)ccc1OC)S(=O)(=O)c1ccccc1. The molecule has 2 amide bonds. The van der Waals surface area contributed by atoms with E-state index in [1.165, 1.54) is 43.3 Å². The number of hydrogen-bond acceptors (Lipinski definition) is 5. The van der Waals surface area contributed by atoms with E-state index < -0.39 is 34.4 Å². The van der Waals surface area contributed by atoms with Gasteiger partial charge < -0.3 is 15.0 Å². The zero-order valence-electron chi connectivity index (χ0n) is 23.6. The van der Waals surface area contributed by atoms with Crippen LogP contribution in [0.3, 0.4) is 0 Å². The van der Waals surface area contributed by atoms with Gasteiger partial charge in [-0.15, -0.1) is 0 Å². The van der Waals surface area contributed by atoms with Crippen LogP contribution >= 0.6 is 23.2 Å². The topological polar surface area (TPSA) is 96.0 Å². The largest absolute Gasteiger partial charge is 0.495 e. The maximum atomic E-state index is 14.4. The summed E-state index contributed by atoms with van der Waals surface area (Å²) < 4.78 is 34.6. The first kappa shape index (κ1) is 31.9. The molecule has 0 fully saturated rings. The lowest BCUT2D eigenvalue weighted by Gasteiger charge is -2.34. The van der Waals surface area contributed by atoms with Crippen LogP contribution in [0.2, 0.25) is 10.0 Å². The number of hydrogen-bond donors (Lipinski definition) is 1. The molecule has 0 unspecified atom stereocenters. The number of carbonyl (C=O) groups is 2. The summed E-state index contributed by atoms with van der Waals surface area (Å²) in [4.78, 5) is 29.0. The molecular weight excluding hydrogens is 609 g/mol. The first-order valence-corrected chi connectivity index (χ1v) is 15.5. The Labute approximate surface area is 261 Å². The van der Waals surface area contributed by atoms with Crippen molar-refractivity contribution in [1.29, 1.82) is 0 Å². The average Bonchev–Trinajstić information content (AvgIpc) is 3.02. The summed E-state index contributed by atoms with van der Waals surface area (Å²) >= 11 is 12.5. The summed E-state index contributed by atoms with van der Waals surface area (Å²) in [7, 11) is -1.41. The fourth-order valence-corrected chi connectivity index (χ4v) is 6.46. The first-order valence-electron chi connectivity index (χ1n) is 13.3. The molecule has 224 valence electrons. The summed E-state index contributed by atoms with van der Waals surface area (Å²) in [6.07, 6.45) is 0.193. The van der Waals surface area contributed by atoms with Gasteiger partial charge in [-0.25, -0.2) is 8.42 Å². The smallest absolute Gasteiger partial charge is 0.264 e. The van der Waals surface area contributed by atoms with E-state index in [4.69, 9.17) is 27.9 Å². The number of amides is 2. The van der Waals surface area contributed by atoms with E-state index in [1.54, 1.807) is 48.5 Å². The maximum Gasteiger partial charge on any atom is 0.264 e. The van der Waals surface area contributed by atoms with E-state index in [2.05, 4.69) is 5.32 Å². The molecule has 43 heavy (non-hydrogen) atoms. The highest BCUT2D eigenvalue weighted by atomic mass is 35.5. The third-order valence-electron chi connectivity index (χ3n) is 6.78. The molecule has 0 bridgehead atoms. The van der Waals surface area contributed by atoms with Crippen LogP contribution < -0.4 is 14.4 Å². The van der Waals surface area contributed by atoms with Crippen LogP contribution in [0.1, 0.15) is 11.1 Å². The van der Waals surface area contributed by atoms with Gasteiger partial charge in [0, 0.05) is 30.1 Å². The number of halogens is 2. The molecule has 0 aromatic heterocycles. The van der Waals surface area contributed by atoms with Crippen molar-refractivity contribution >= 4 is 50.7 Å². The number of rotatable bonds is 12. The number of nitrogens with one attached hydrogen (secondary N) is 1. The summed E-state index contributed by atoms with van der Waals surface area (Å²) in [5.41, 5.74) is 1.57. The Kier molecular flexibility index (Phi) is 10.7. The van der Waals surface area contributed by atoms with E-state index in [-0.39, 0.29) is 34.3 Å². The van der Waals surface area contributed by atoms with Gasteiger partial charge in [0.2, 0.25) is 11.8 Å². The molecule has 0 spiro atoms. The molecule has 0 aliphatic rings. The van der Waals surface area contributed by atoms with Gasteiger partial charge in [0.15, 0.2) is 0 Å². The van der Waals surface area contributed by atoms with Crippen molar-refractivity contribution < 1.29 is 22.7 Å². The molecule has 11 heteroatoms. The van der Waals surface area contributed by atoms with Crippen molar-refractivity contribution in [3.8, 4) is 5.75 Å². The van der Waals surface area contributed by atoms with Gasteiger partial charge in [-0.2, -0.15) is 0 Å². The Hall–Kier alpha value is -4.05. The standard InChI is InChI=1S/C32H31Cl2N3O5S/c1-35-32(39)29(19-23-10-5-3-6-11-23)36(21-24-12-9-13-25(33)18-24)31(38)22-37(28-20-26(34)16-17-30(28)42-2)43(40,41)27-14-7-4-8-15-27/h3-18,20,29H,19,21-22H2,1-2H3,(H,35,39)/t29-/m0/s1. The second-order valence-corrected chi connectivity index (χ2v) is 12.3. The molecule has 0 aliphatic heterocycles. The summed E-state index contributed by atoms with van der Waals surface area (Å²) in [6, 6.07) is 27.5. The molecule has 0 saturated heterocycles. The molecule has 0 radical (unpaired) electrons. The molecular formula is C32H31Cl2N3O5S. The van der Waals surface area contributed by atoms with Crippen LogP contribution in [-0.2, 0) is 32.6 Å². The van der Waals surface area contributed by atoms with Crippen molar-refractivity contribution in [1.82, 2.24) is 10.2 Å². The Bertz CT molecular complexity index is 1670. The monoisotopic (exact) mass is 639 g/mol. The van der Waals surface area contributed by atoms with E-state index in [9.17, 15) is 18.0 Å². The lowest BCUT2D eigenvalue weighted by molar-refractivity contribution is -0.139. The van der Waals surface area contributed by atoms with Crippen molar-refractivity contribution in [2.24, 2.45) is 0 Å². The lowest BCUT2D eigenvalue weighted by Crippen LogP contribution is -2.53. The van der Waals surface area contributed by atoms with E-state index in [1.807, 2.05) is 30.3 Å². The third-order valence-corrected chi connectivity index (χ3v) is 9.02. The predicted molar refractivity (Wildman–Crippen MR) is 169 cm³/mol. The third kappa shape index (κ3) is 7.87. The molecule has 4 aromatic carbocycles. The van der Waals surface area contributed by atoms with Crippen LogP contribution in [0, 0.1) is 0 Å². The van der Waals surface area contributed by atoms with Gasteiger partial charge >= 0.3 is 0 Å². The molecule has 4 aromatic rings. The van der Waals surface area contributed by atoms with Crippen molar-refractivity contribution in [3.05, 3.63) is 124 Å². The number of likely N-dealkylation sites (N-methyl/N-ethyl adjacent to an activating group) is 1.